The smallest absolute Gasteiger partial charge is 0.327 e. The lowest BCUT2D eigenvalue weighted by atomic mass is 9.77. The Labute approximate surface area is 203 Å². The van der Waals surface area contributed by atoms with E-state index in [-0.39, 0.29) is 41.2 Å². The summed E-state index contributed by atoms with van der Waals surface area (Å²) in [5.74, 6) is 0.410. The van der Waals surface area contributed by atoms with E-state index in [2.05, 4.69) is 5.32 Å². The summed E-state index contributed by atoms with van der Waals surface area (Å²) in [6.45, 7) is 14.4. The summed E-state index contributed by atoms with van der Waals surface area (Å²) in [5.41, 5.74) is 2.25. The first-order chi connectivity index (χ1) is 15.7. The summed E-state index contributed by atoms with van der Waals surface area (Å²) >= 11 is 0. The molecule has 0 radical (unpaired) electrons. The summed E-state index contributed by atoms with van der Waals surface area (Å²) in [6, 6.07) is 6.26. The van der Waals surface area contributed by atoms with Gasteiger partial charge in [0.05, 0.1) is 20.8 Å². The molecule has 188 valence electrons. The molecule has 0 aliphatic heterocycles. The Bertz CT molecular complexity index is 982. The molecule has 0 saturated heterocycles. The van der Waals surface area contributed by atoms with Gasteiger partial charge in [-0.2, -0.15) is 0 Å². The van der Waals surface area contributed by atoms with Gasteiger partial charge in [0.2, 0.25) is 5.75 Å². The number of esters is 1. The van der Waals surface area contributed by atoms with Crippen molar-refractivity contribution in [1.29, 1.82) is 0 Å². The van der Waals surface area contributed by atoms with Crippen molar-refractivity contribution < 1.29 is 29.2 Å². The Hall–Kier alpha value is -2.93. The second kappa shape index (κ2) is 10.6. The number of phenolic OH excluding ortho intramolecular Hbond substituents is 2. The number of benzene rings is 2. The Balaban J connectivity index is 2.56. The molecular weight excluding hydrogens is 434 g/mol. The molecule has 1 unspecified atom stereocenters. The quantitative estimate of drug-likeness (QED) is 0.459. The van der Waals surface area contributed by atoms with E-state index in [1.165, 1.54) is 14.2 Å². The highest BCUT2D eigenvalue weighted by molar-refractivity contribution is 5.78. The highest BCUT2D eigenvalue weighted by atomic mass is 16.5. The normalized spacial score (nSPS) is 12.9. The van der Waals surface area contributed by atoms with Crippen LogP contribution in [0.4, 0.5) is 0 Å². The number of hydrogen-bond acceptors (Lipinski definition) is 7. The second-order valence-corrected chi connectivity index (χ2v) is 10.4. The van der Waals surface area contributed by atoms with Gasteiger partial charge in [-0.1, -0.05) is 41.5 Å². The van der Waals surface area contributed by atoms with Gasteiger partial charge in [-0.05, 0) is 64.3 Å². The number of aromatic hydroxyl groups is 2. The molecule has 0 amide bonds. The first-order valence-electron chi connectivity index (χ1n) is 11.5. The zero-order chi connectivity index (χ0) is 25.8. The van der Waals surface area contributed by atoms with Gasteiger partial charge < -0.3 is 24.4 Å². The van der Waals surface area contributed by atoms with E-state index in [4.69, 9.17) is 14.2 Å². The van der Waals surface area contributed by atoms with Crippen molar-refractivity contribution >= 4 is 5.97 Å². The van der Waals surface area contributed by atoms with Crippen molar-refractivity contribution in [3.05, 3.63) is 46.5 Å². The van der Waals surface area contributed by atoms with Crippen LogP contribution in [-0.4, -0.2) is 37.0 Å². The molecule has 34 heavy (non-hydrogen) atoms. The third-order valence-electron chi connectivity index (χ3n) is 5.63. The first-order valence-corrected chi connectivity index (χ1v) is 11.5. The van der Waals surface area contributed by atoms with Gasteiger partial charge in [-0.25, -0.2) is 4.79 Å². The fourth-order valence-corrected chi connectivity index (χ4v) is 3.85. The van der Waals surface area contributed by atoms with E-state index >= 15 is 0 Å². The molecule has 7 heteroatoms. The molecule has 0 aliphatic carbocycles. The van der Waals surface area contributed by atoms with Crippen LogP contribution in [0.5, 0.6) is 23.0 Å². The fraction of sp³-hybridized carbons (Fsp3) is 0.519. The highest BCUT2D eigenvalue weighted by Crippen LogP contribution is 2.41. The van der Waals surface area contributed by atoms with Crippen LogP contribution in [0.3, 0.4) is 0 Å². The molecular formula is C27H39NO6. The lowest BCUT2D eigenvalue weighted by molar-refractivity contribution is -0.145. The molecule has 0 spiro atoms. The molecule has 0 fully saturated rings. The summed E-state index contributed by atoms with van der Waals surface area (Å²) in [6.07, 6.45) is 0. The number of ether oxygens (including phenoxy) is 3. The van der Waals surface area contributed by atoms with Crippen molar-refractivity contribution in [2.24, 2.45) is 0 Å². The Morgan fingerprint density at radius 2 is 1.50 bits per heavy atom. The molecule has 0 heterocycles. The van der Waals surface area contributed by atoms with Crippen LogP contribution in [-0.2, 0) is 26.9 Å². The minimum absolute atomic E-state index is 0.0546. The van der Waals surface area contributed by atoms with Gasteiger partial charge in [-0.3, -0.25) is 5.32 Å². The zero-order valence-corrected chi connectivity index (χ0v) is 21.8. The van der Waals surface area contributed by atoms with Crippen molar-refractivity contribution in [2.75, 3.05) is 20.8 Å². The summed E-state index contributed by atoms with van der Waals surface area (Å²) in [7, 11) is 2.95. The van der Waals surface area contributed by atoms with Crippen LogP contribution in [0.25, 0.3) is 0 Å². The maximum absolute atomic E-state index is 13.0. The number of methoxy groups -OCH3 is 2. The summed E-state index contributed by atoms with van der Waals surface area (Å²) in [4.78, 5) is 13.0. The standard InChI is InChI=1S/C27H39NO6/c1-10-34-25(31)22(28-15-16-11-20(29)24(33-9)21(12-16)32-8)17-13-18(26(2,3)4)23(30)19(14-17)27(5,6)7/h11-14,22,28-30H,10,15H2,1-9H3. The molecule has 3 N–H and O–H groups in total. The number of phenols is 2. The van der Waals surface area contributed by atoms with Gasteiger partial charge in [0.25, 0.3) is 0 Å². The second-order valence-electron chi connectivity index (χ2n) is 10.4. The van der Waals surface area contributed by atoms with Gasteiger partial charge in [0.15, 0.2) is 11.5 Å². The van der Waals surface area contributed by atoms with Crippen molar-refractivity contribution in [1.82, 2.24) is 5.32 Å². The van der Waals surface area contributed by atoms with Crippen LogP contribution in [0.15, 0.2) is 24.3 Å². The zero-order valence-electron chi connectivity index (χ0n) is 21.8. The average molecular weight is 474 g/mol. The number of carbonyl (C=O) groups is 1. The fourth-order valence-electron chi connectivity index (χ4n) is 3.85. The van der Waals surface area contributed by atoms with Gasteiger partial charge >= 0.3 is 5.97 Å². The maximum Gasteiger partial charge on any atom is 0.327 e. The van der Waals surface area contributed by atoms with Crippen LogP contribution < -0.4 is 14.8 Å². The molecule has 0 aliphatic rings. The number of hydrogen-bond donors (Lipinski definition) is 3. The van der Waals surface area contributed by atoms with Crippen molar-refractivity contribution in [3.8, 4) is 23.0 Å². The molecule has 0 bridgehead atoms. The molecule has 7 nitrogen and oxygen atoms in total. The average Bonchev–Trinajstić information content (AvgIpc) is 2.72. The van der Waals surface area contributed by atoms with E-state index in [1.807, 2.05) is 53.7 Å². The lowest BCUT2D eigenvalue weighted by Gasteiger charge is -2.30. The summed E-state index contributed by atoms with van der Waals surface area (Å²) < 4.78 is 15.9. The van der Waals surface area contributed by atoms with E-state index in [1.54, 1.807) is 19.1 Å². The van der Waals surface area contributed by atoms with Crippen LogP contribution in [0, 0.1) is 0 Å². The highest BCUT2D eigenvalue weighted by Gasteiger charge is 2.30. The first kappa shape index (κ1) is 27.3. The van der Waals surface area contributed by atoms with E-state index < -0.39 is 12.0 Å². The van der Waals surface area contributed by atoms with E-state index in [0.29, 0.717) is 16.9 Å². The third-order valence-corrected chi connectivity index (χ3v) is 5.63. The number of carbonyl (C=O) groups excluding carboxylic acids is 1. The van der Waals surface area contributed by atoms with Gasteiger partial charge in [0, 0.05) is 6.54 Å². The number of nitrogens with one attached hydrogen (secondary N) is 1. The van der Waals surface area contributed by atoms with Gasteiger partial charge in [-0.15, -0.1) is 0 Å². The monoisotopic (exact) mass is 473 g/mol. The van der Waals surface area contributed by atoms with Crippen molar-refractivity contribution in [3.63, 3.8) is 0 Å². The third kappa shape index (κ3) is 6.14. The molecule has 2 aromatic rings. The Morgan fingerprint density at radius 3 is 1.94 bits per heavy atom. The SMILES string of the molecule is CCOC(=O)C(NCc1cc(O)c(OC)c(OC)c1)c1cc(C(C)(C)C)c(O)c(C(C)(C)C)c1. The van der Waals surface area contributed by atoms with Crippen LogP contribution >= 0.6 is 0 Å². The molecule has 0 saturated carbocycles. The maximum atomic E-state index is 13.0. The summed E-state index contributed by atoms with van der Waals surface area (Å²) in [5, 5.41) is 24.6. The minimum atomic E-state index is -0.780. The van der Waals surface area contributed by atoms with E-state index in [9.17, 15) is 15.0 Å². The Kier molecular flexibility index (Phi) is 8.48. The molecule has 2 aromatic carbocycles. The van der Waals surface area contributed by atoms with Crippen LogP contribution in [0.1, 0.15) is 76.8 Å². The largest absolute Gasteiger partial charge is 0.507 e. The predicted octanol–water partition coefficient (Wildman–Crippen LogP) is 5.10. The van der Waals surface area contributed by atoms with E-state index in [0.717, 1.165) is 11.1 Å². The minimum Gasteiger partial charge on any atom is -0.507 e. The van der Waals surface area contributed by atoms with Gasteiger partial charge in [0.1, 0.15) is 11.8 Å². The predicted molar refractivity (Wildman–Crippen MR) is 133 cm³/mol. The molecule has 2 rings (SSSR count). The molecule has 1 atom stereocenters. The van der Waals surface area contributed by atoms with Crippen molar-refractivity contribution in [2.45, 2.75) is 71.9 Å². The topological polar surface area (TPSA) is 97.3 Å². The number of rotatable bonds is 8. The van der Waals surface area contributed by atoms with Crippen LogP contribution in [0.2, 0.25) is 0 Å². The lowest BCUT2D eigenvalue weighted by Crippen LogP contribution is -2.31. The Morgan fingerprint density at radius 1 is 0.941 bits per heavy atom. The molecule has 0 aromatic heterocycles.